The van der Waals surface area contributed by atoms with Crippen LogP contribution < -0.4 is 23.7 Å². The summed E-state index contributed by atoms with van der Waals surface area (Å²) >= 11 is 0. The molecule has 0 saturated carbocycles. The molecule has 0 amide bonds. The van der Waals surface area contributed by atoms with E-state index in [1.807, 2.05) is 6.07 Å². The molecule has 0 radical (unpaired) electrons. The van der Waals surface area contributed by atoms with Gasteiger partial charge in [-0.3, -0.25) is 0 Å². The lowest BCUT2D eigenvalue weighted by atomic mass is 9.89. The minimum Gasteiger partial charge on any atom is -0.493 e. The normalized spacial score (nSPS) is 24.1. The van der Waals surface area contributed by atoms with Gasteiger partial charge in [-0.05, 0) is 35.2 Å². The second kappa shape index (κ2) is 8.96. The van der Waals surface area contributed by atoms with Crippen LogP contribution in [-0.2, 0) is 16.1 Å². The third-order valence-corrected chi connectivity index (χ3v) is 6.76. The summed E-state index contributed by atoms with van der Waals surface area (Å²) in [6.07, 6.45) is -5.59. The average molecular weight is 512 g/mol. The minimum atomic E-state index is -1.54. The summed E-state index contributed by atoms with van der Waals surface area (Å²) in [5.41, 5.74) is 1.96. The zero-order valence-corrected chi connectivity index (χ0v) is 19.9. The summed E-state index contributed by atoms with van der Waals surface area (Å²) in [4.78, 5) is 13.1. The topological polar surface area (TPSA) is 142 Å². The van der Waals surface area contributed by atoms with Gasteiger partial charge in [0.15, 0.2) is 23.0 Å². The van der Waals surface area contributed by atoms with E-state index < -0.39 is 30.6 Å². The molecular formula is C26H24O11. The predicted molar refractivity (Wildman–Crippen MR) is 126 cm³/mol. The van der Waals surface area contributed by atoms with Crippen LogP contribution in [0.25, 0.3) is 21.9 Å². The minimum absolute atomic E-state index is 0.0840. The number of fused-ring (bicyclic) bond motifs is 3. The summed E-state index contributed by atoms with van der Waals surface area (Å²) < 4.78 is 39.1. The number of hydrogen-bond donors (Lipinski definition) is 3. The van der Waals surface area contributed by atoms with Crippen LogP contribution in [0.1, 0.15) is 15.9 Å². The molecule has 1 saturated heterocycles. The monoisotopic (exact) mass is 512 g/mol. The van der Waals surface area contributed by atoms with Crippen molar-refractivity contribution in [2.24, 2.45) is 0 Å². The first-order valence-electron chi connectivity index (χ1n) is 11.6. The van der Waals surface area contributed by atoms with Gasteiger partial charge in [-0.15, -0.1) is 0 Å². The molecule has 3 N–H and O–H groups in total. The predicted octanol–water partition coefficient (Wildman–Crippen LogP) is 1.74. The van der Waals surface area contributed by atoms with Crippen LogP contribution in [0.3, 0.4) is 0 Å². The van der Waals surface area contributed by atoms with Crippen LogP contribution in [-0.4, -0.2) is 73.5 Å². The summed E-state index contributed by atoms with van der Waals surface area (Å²) in [6.45, 7) is -0.230. The van der Waals surface area contributed by atoms with E-state index in [-0.39, 0.29) is 31.3 Å². The Morgan fingerprint density at radius 1 is 0.865 bits per heavy atom. The molecule has 4 atom stereocenters. The fourth-order valence-electron chi connectivity index (χ4n) is 4.89. The molecule has 3 aromatic rings. The molecule has 37 heavy (non-hydrogen) atoms. The maximum Gasteiger partial charge on any atom is 0.339 e. The van der Waals surface area contributed by atoms with E-state index in [1.165, 1.54) is 14.2 Å². The molecule has 0 bridgehead atoms. The first-order chi connectivity index (χ1) is 17.9. The smallest absolute Gasteiger partial charge is 0.339 e. The van der Waals surface area contributed by atoms with Gasteiger partial charge in [0, 0.05) is 16.5 Å². The van der Waals surface area contributed by atoms with Crippen LogP contribution in [0.4, 0.5) is 0 Å². The number of rotatable bonds is 5. The van der Waals surface area contributed by atoms with Crippen LogP contribution in [0, 0.1) is 0 Å². The number of cyclic esters (lactones) is 1. The van der Waals surface area contributed by atoms with Crippen molar-refractivity contribution in [3.63, 3.8) is 0 Å². The van der Waals surface area contributed by atoms with Gasteiger partial charge in [0.1, 0.15) is 30.7 Å². The number of aliphatic hydroxyl groups is 3. The maximum absolute atomic E-state index is 13.1. The second-order valence-corrected chi connectivity index (χ2v) is 8.82. The van der Waals surface area contributed by atoms with Crippen LogP contribution in [0.15, 0.2) is 30.3 Å². The molecular weight excluding hydrogens is 488 g/mol. The number of carbonyl (C=O) groups excluding carboxylic acids is 1. The summed E-state index contributed by atoms with van der Waals surface area (Å²) in [7, 11) is 3.00. The van der Waals surface area contributed by atoms with E-state index >= 15 is 0 Å². The van der Waals surface area contributed by atoms with Crippen molar-refractivity contribution >= 4 is 16.7 Å². The molecule has 0 spiro atoms. The highest BCUT2D eigenvalue weighted by Crippen LogP contribution is 2.49. The molecule has 0 aliphatic carbocycles. The molecule has 11 nitrogen and oxygen atoms in total. The molecule has 1 unspecified atom stereocenters. The Kier molecular flexibility index (Phi) is 5.72. The van der Waals surface area contributed by atoms with Gasteiger partial charge in [0.25, 0.3) is 0 Å². The quantitative estimate of drug-likeness (QED) is 0.430. The number of aliphatic hydroxyl groups excluding tert-OH is 3. The Balaban J connectivity index is 1.61. The van der Waals surface area contributed by atoms with Crippen LogP contribution in [0.5, 0.6) is 28.7 Å². The van der Waals surface area contributed by atoms with Crippen molar-refractivity contribution in [3.05, 3.63) is 41.5 Å². The Hall–Kier alpha value is -3.77. The average Bonchev–Trinajstić information content (AvgIpc) is 3.54. The molecule has 3 aromatic carbocycles. The fraction of sp³-hybridized carbons (Fsp3) is 0.346. The number of esters is 1. The molecule has 194 valence electrons. The lowest BCUT2D eigenvalue weighted by Crippen LogP contribution is -2.54. The van der Waals surface area contributed by atoms with Gasteiger partial charge in [0.2, 0.25) is 13.1 Å². The fourth-order valence-corrected chi connectivity index (χ4v) is 4.89. The first-order valence-corrected chi connectivity index (χ1v) is 11.6. The van der Waals surface area contributed by atoms with Gasteiger partial charge in [-0.25, -0.2) is 4.79 Å². The highest BCUT2D eigenvalue weighted by atomic mass is 16.7. The lowest BCUT2D eigenvalue weighted by molar-refractivity contribution is -0.241. The second-order valence-electron chi connectivity index (χ2n) is 8.82. The van der Waals surface area contributed by atoms with E-state index in [2.05, 4.69) is 0 Å². The number of ether oxygens (including phenoxy) is 7. The van der Waals surface area contributed by atoms with Crippen molar-refractivity contribution in [3.8, 4) is 39.9 Å². The Morgan fingerprint density at radius 2 is 1.59 bits per heavy atom. The van der Waals surface area contributed by atoms with Gasteiger partial charge in [0.05, 0.1) is 26.4 Å². The van der Waals surface area contributed by atoms with Gasteiger partial charge >= 0.3 is 5.97 Å². The largest absolute Gasteiger partial charge is 0.493 e. The van der Waals surface area contributed by atoms with Gasteiger partial charge in [-0.2, -0.15) is 0 Å². The third kappa shape index (κ3) is 3.70. The number of hydrogen-bond acceptors (Lipinski definition) is 11. The Morgan fingerprint density at radius 3 is 2.35 bits per heavy atom. The van der Waals surface area contributed by atoms with E-state index in [4.69, 9.17) is 33.2 Å². The van der Waals surface area contributed by atoms with Gasteiger partial charge in [-0.1, -0.05) is 6.07 Å². The van der Waals surface area contributed by atoms with E-state index in [1.54, 1.807) is 24.3 Å². The number of carbonyl (C=O) groups is 1. The van der Waals surface area contributed by atoms with E-state index in [0.717, 1.165) is 0 Å². The first kappa shape index (κ1) is 23.6. The third-order valence-electron chi connectivity index (χ3n) is 6.76. The molecule has 1 fully saturated rings. The SMILES string of the molecule is COc1cc2c(OC3OC[C@@H](O)[C@H](O)[C@H]3O)c3c(c(-c4ccc5c(c4)OCO5)c2cc1OC)C(=O)OC3. The molecule has 0 aromatic heterocycles. The number of methoxy groups -OCH3 is 2. The molecule has 11 heteroatoms. The van der Waals surface area contributed by atoms with Crippen molar-refractivity contribution in [1.82, 2.24) is 0 Å². The zero-order chi connectivity index (χ0) is 25.8. The maximum atomic E-state index is 13.1. The summed E-state index contributed by atoms with van der Waals surface area (Å²) in [5.74, 6) is 1.62. The van der Waals surface area contributed by atoms with Crippen molar-refractivity contribution in [2.75, 3.05) is 27.6 Å². The molecule has 6 rings (SSSR count). The van der Waals surface area contributed by atoms with Crippen LogP contribution in [0.2, 0.25) is 0 Å². The van der Waals surface area contributed by atoms with E-state index in [0.29, 0.717) is 50.5 Å². The Bertz CT molecular complexity index is 1400. The van der Waals surface area contributed by atoms with Crippen LogP contribution >= 0.6 is 0 Å². The summed E-state index contributed by atoms with van der Waals surface area (Å²) in [6, 6.07) is 8.79. The lowest BCUT2D eigenvalue weighted by Gasteiger charge is -2.35. The zero-order valence-electron chi connectivity index (χ0n) is 19.9. The Labute approximate surface area is 210 Å². The van der Waals surface area contributed by atoms with Gasteiger partial charge < -0.3 is 48.5 Å². The van der Waals surface area contributed by atoms with Crippen molar-refractivity contribution in [1.29, 1.82) is 0 Å². The van der Waals surface area contributed by atoms with E-state index in [9.17, 15) is 20.1 Å². The molecule has 3 aliphatic rings. The van der Waals surface area contributed by atoms with Crippen molar-refractivity contribution < 1.29 is 53.3 Å². The summed E-state index contributed by atoms with van der Waals surface area (Å²) in [5, 5.41) is 31.6. The standard InChI is InChI=1S/C26H24O11/c1-31-17-6-12-13(7-18(17)32-2)24(37-26-23(29)22(28)15(27)9-34-26)14-8-33-25(30)21(14)20(12)11-3-4-16-19(5-11)36-10-35-16/h3-7,15,22-23,26-29H,8-10H2,1-2H3/t15-,22+,23-,26?/m1/s1. The highest BCUT2D eigenvalue weighted by Gasteiger charge is 2.41. The highest BCUT2D eigenvalue weighted by molar-refractivity contribution is 6.14. The molecule has 3 aliphatic heterocycles. The number of benzene rings is 3. The van der Waals surface area contributed by atoms with Crippen molar-refractivity contribution in [2.45, 2.75) is 31.2 Å². The molecule has 3 heterocycles.